The molecule has 28 heavy (non-hydrogen) atoms. The number of carbonyl (C=O) groups is 2. The number of anilines is 1. The molecule has 8 heteroatoms. The van der Waals surface area contributed by atoms with Crippen LogP contribution in [0.4, 0.5) is 11.4 Å². The Bertz CT molecular complexity index is 1030. The van der Waals surface area contributed by atoms with E-state index < -0.39 is 28.6 Å². The van der Waals surface area contributed by atoms with Crippen molar-refractivity contribution in [1.82, 2.24) is 0 Å². The number of ether oxygens (including phenoxy) is 1. The van der Waals surface area contributed by atoms with Gasteiger partial charge in [-0.15, -0.1) is 6.42 Å². The summed E-state index contributed by atoms with van der Waals surface area (Å²) in [6, 6.07) is 10.2. The van der Waals surface area contributed by atoms with Crippen LogP contribution >= 0.6 is 0 Å². The van der Waals surface area contributed by atoms with Gasteiger partial charge in [-0.3, -0.25) is 24.6 Å². The molecule has 1 amide bonds. The van der Waals surface area contributed by atoms with Crippen LogP contribution in [-0.2, 0) is 10.4 Å². The summed E-state index contributed by atoms with van der Waals surface area (Å²) in [6.45, 7) is -0.0552. The predicted molar refractivity (Wildman–Crippen MR) is 100 cm³/mol. The number of terminal acetylenes is 1. The average molecular weight is 380 g/mol. The van der Waals surface area contributed by atoms with E-state index in [1.54, 1.807) is 24.3 Å². The van der Waals surface area contributed by atoms with Crippen LogP contribution in [0.1, 0.15) is 22.3 Å². The number of nitro groups is 1. The summed E-state index contributed by atoms with van der Waals surface area (Å²) in [4.78, 5) is 37.3. The van der Waals surface area contributed by atoms with Crippen molar-refractivity contribution < 1.29 is 24.4 Å². The van der Waals surface area contributed by atoms with Crippen molar-refractivity contribution in [1.29, 1.82) is 0 Å². The van der Waals surface area contributed by atoms with Crippen LogP contribution in [0, 0.1) is 22.5 Å². The van der Waals surface area contributed by atoms with Crippen molar-refractivity contribution in [2.75, 3.05) is 18.6 Å². The minimum Gasteiger partial charge on any atom is -0.490 e. The normalized spacial score (nSPS) is 17.8. The summed E-state index contributed by atoms with van der Waals surface area (Å²) in [5.41, 5.74) is -1.79. The van der Waals surface area contributed by atoms with Crippen molar-refractivity contribution in [2.45, 2.75) is 12.0 Å². The van der Waals surface area contributed by atoms with Gasteiger partial charge in [-0.1, -0.05) is 24.1 Å². The van der Waals surface area contributed by atoms with Crippen LogP contribution in [0.15, 0.2) is 42.5 Å². The monoisotopic (exact) mass is 380 g/mol. The number of nitrogens with zero attached hydrogens (tertiary/aromatic N) is 2. The molecule has 1 heterocycles. The number of para-hydroxylation sites is 1. The topological polar surface area (TPSA) is 110 Å². The molecular weight excluding hydrogens is 364 g/mol. The second-order valence-corrected chi connectivity index (χ2v) is 6.22. The molecular formula is C20H16N2O6. The smallest absolute Gasteiger partial charge is 0.311 e. The SMILES string of the molecule is C#CCN1C(=O)[C@@](O)(CC(=O)c2ccc(OC)c([N+](=O)[O-])c2)c2ccccc21. The maximum absolute atomic E-state index is 12.8. The number of benzene rings is 2. The van der Waals surface area contributed by atoms with Gasteiger partial charge in [0.15, 0.2) is 17.1 Å². The average Bonchev–Trinajstić information content (AvgIpc) is 2.90. The molecule has 2 aromatic carbocycles. The number of hydrogen-bond acceptors (Lipinski definition) is 6. The zero-order valence-corrected chi connectivity index (χ0v) is 14.9. The summed E-state index contributed by atoms with van der Waals surface area (Å²) in [6.07, 6.45) is 4.74. The molecule has 8 nitrogen and oxygen atoms in total. The summed E-state index contributed by atoms with van der Waals surface area (Å²) in [5.74, 6) is 1.03. The van der Waals surface area contributed by atoms with Gasteiger partial charge in [0.2, 0.25) is 0 Å². The van der Waals surface area contributed by atoms with Crippen LogP contribution in [-0.4, -0.2) is 35.4 Å². The molecule has 0 bridgehead atoms. The van der Waals surface area contributed by atoms with Crippen LogP contribution in [0.3, 0.4) is 0 Å². The Labute approximate surface area is 160 Å². The lowest BCUT2D eigenvalue weighted by molar-refractivity contribution is -0.385. The first-order valence-electron chi connectivity index (χ1n) is 8.26. The lowest BCUT2D eigenvalue weighted by Gasteiger charge is -2.21. The molecule has 142 valence electrons. The first-order chi connectivity index (χ1) is 13.3. The van der Waals surface area contributed by atoms with Gasteiger partial charge in [-0.2, -0.15) is 0 Å². The van der Waals surface area contributed by atoms with Crippen molar-refractivity contribution in [3.63, 3.8) is 0 Å². The third-order valence-corrected chi connectivity index (χ3v) is 4.60. The Kier molecular flexibility index (Phi) is 4.86. The molecule has 1 atom stereocenters. The number of fused-ring (bicyclic) bond motifs is 1. The molecule has 1 N–H and O–H groups in total. The second kappa shape index (κ2) is 7.13. The number of rotatable bonds is 6. The Morgan fingerprint density at radius 1 is 1.36 bits per heavy atom. The van der Waals surface area contributed by atoms with E-state index in [4.69, 9.17) is 11.2 Å². The number of carbonyl (C=O) groups excluding carboxylic acids is 2. The van der Waals surface area contributed by atoms with E-state index >= 15 is 0 Å². The fraction of sp³-hybridized carbons (Fsp3) is 0.200. The quantitative estimate of drug-likeness (QED) is 0.355. The minimum atomic E-state index is -2.10. The van der Waals surface area contributed by atoms with Gasteiger partial charge in [0.1, 0.15) is 0 Å². The van der Waals surface area contributed by atoms with Gasteiger partial charge in [0, 0.05) is 17.2 Å². The zero-order chi connectivity index (χ0) is 20.5. The van der Waals surface area contributed by atoms with Gasteiger partial charge in [0.25, 0.3) is 5.91 Å². The molecule has 0 aromatic heterocycles. The molecule has 2 aromatic rings. The lowest BCUT2D eigenvalue weighted by Crippen LogP contribution is -2.42. The predicted octanol–water partition coefficient (Wildman–Crippen LogP) is 2.04. The van der Waals surface area contributed by atoms with Gasteiger partial charge < -0.3 is 9.84 Å². The summed E-state index contributed by atoms with van der Waals surface area (Å²) >= 11 is 0. The fourth-order valence-corrected chi connectivity index (χ4v) is 3.27. The van der Waals surface area contributed by atoms with E-state index in [1.165, 1.54) is 24.1 Å². The van der Waals surface area contributed by atoms with Crippen LogP contribution in [0.25, 0.3) is 0 Å². The van der Waals surface area contributed by atoms with Gasteiger partial charge in [-0.25, -0.2) is 0 Å². The maximum Gasteiger partial charge on any atom is 0.311 e. The summed E-state index contributed by atoms with van der Waals surface area (Å²) in [5, 5.41) is 22.3. The van der Waals surface area contributed by atoms with E-state index in [9.17, 15) is 24.8 Å². The van der Waals surface area contributed by atoms with E-state index in [-0.39, 0.29) is 29.1 Å². The number of ketones is 1. The molecule has 0 saturated heterocycles. The number of Topliss-reactive ketones (excluding diaryl/α,β-unsaturated/α-hetero) is 1. The molecule has 0 saturated carbocycles. The van der Waals surface area contributed by atoms with Crippen LogP contribution < -0.4 is 9.64 Å². The van der Waals surface area contributed by atoms with E-state index in [0.717, 1.165) is 6.07 Å². The number of nitro benzene ring substituents is 1. The van der Waals surface area contributed by atoms with Gasteiger partial charge in [-0.05, 0) is 18.2 Å². The lowest BCUT2D eigenvalue weighted by atomic mass is 9.88. The van der Waals surface area contributed by atoms with Crippen LogP contribution in [0.2, 0.25) is 0 Å². The van der Waals surface area contributed by atoms with Crippen molar-refractivity contribution in [3.05, 3.63) is 63.7 Å². The third kappa shape index (κ3) is 2.98. The van der Waals surface area contributed by atoms with E-state index in [1.807, 2.05) is 0 Å². The number of hydrogen-bond donors (Lipinski definition) is 1. The van der Waals surface area contributed by atoms with Crippen LogP contribution in [0.5, 0.6) is 5.75 Å². The highest BCUT2D eigenvalue weighted by Gasteiger charge is 2.50. The molecule has 0 radical (unpaired) electrons. The Morgan fingerprint density at radius 3 is 2.71 bits per heavy atom. The fourth-order valence-electron chi connectivity index (χ4n) is 3.27. The summed E-state index contributed by atoms with van der Waals surface area (Å²) in [7, 11) is 1.28. The molecule has 0 unspecified atom stereocenters. The first-order valence-corrected chi connectivity index (χ1v) is 8.26. The standard InChI is InChI=1S/C20H16N2O6/c1-3-10-21-15-7-5-4-6-14(15)20(25,19(21)24)12-17(23)13-8-9-18(28-2)16(11-13)22(26)27/h1,4-9,11,25H,10,12H2,2H3/t20-/m1/s1. The first kappa shape index (κ1) is 19.1. The highest BCUT2D eigenvalue weighted by molar-refractivity contribution is 6.11. The van der Waals surface area contributed by atoms with Gasteiger partial charge >= 0.3 is 5.69 Å². The molecule has 0 fully saturated rings. The highest BCUT2D eigenvalue weighted by Crippen LogP contribution is 2.42. The minimum absolute atomic E-state index is 0.00254. The number of amides is 1. The molecule has 3 rings (SSSR count). The van der Waals surface area contributed by atoms with Crippen molar-refractivity contribution in [2.24, 2.45) is 0 Å². The second-order valence-electron chi connectivity index (χ2n) is 6.22. The molecule has 0 spiro atoms. The third-order valence-electron chi connectivity index (χ3n) is 4.60. The molecule has 1 aliphatic rings. The Morgan fingerprint density at radius 2 is 2.07 bits per heavy atom. The molecule has 0 aliphatic carbocycles. The zero-order valence-electron chi connectivity index (χ0n) is 14.9. The van der Waals surface area contributed by atoms with Crippen molar-refractivity contribution in [3.8, 4) is 18.1 Å². The van der Waals surface area contributed by atoms with E-state index in [2.05, 4.69) is 5.92 Å². The van der Waals surface area contributed by atoms with Gasteiger partial charge in [0.05, 0.1) is 30.7 Å². The Balaban J connectivity index is 1.98. The number of aliphatic hydroxyl groups is 1. The van der Waals surface area contributed by atoms with E-state index in [0.29, 0.717) is 5.69 Å². The maximum atomic E-state index is 12.8. The number of methoxy groups -OCH3 is 1. The highest BCUT2D eigenvalue weighted by atomic mass is 16.6. The molecule has 1 aliphatic heterocycles. The Hall–Kier alpha value is -3.70. The van der Waals surface area contributed by atoms with Crippen molar-refractivity contribution >= 4 is 23.1 Å². The summed E-state index contributed by atoms with van der Waals surface area (Å²) < 4.78 is 4.92. The largest absolute Gasteiger partial charge is 0.490 e.